The van der Waals surface area contributed by atoms with Crippen LogP contribution in [-0.2, 0) is 45.6 Å². The average molecular weight is 1100 g/mol. The molecule has 1 saturated heterocycles. The largest absolute Gasteiger partial charge is 0.497 e. The summed E-state index contributed by atoms with van der Waals surface area (Å²) in [6, 6.07) is 41.1. The molecular weight excluding hydrogens is 1050 g/mol. The van der Waals surface area contributed by atoms with Gasteiger partial charge in [0, 0.05) is 33.0 Å². The first-order valence-electron chi connectivity index (χ1n) is 24.0. The number of carbonyl (C=O) groups excluding carboxylic acids is 4. The van der Waals surface area contributed by atoms with Crippen molar-refractivity contribution < 1.29 is 42.6 Å². The normalized spacial score (nSPS) is 15.9. The van der Waals surface area contributed by atoms with E-state index < -0.39 is 57.7 Å². The number of amides is 2. The average Bonchev–Trinajstić information content (AvgIpc) is 3.97. The molecule has 0 spiro atoms. The Kier molecular flexibility index (Phi) is 15.8. The number of benzene rings is 5. The zero-order chi connectivity index (χ0) is 53.8. The molecule has 1 fully saturated rings. The van der Waals surface area contributed by atoms with Gasteiger partial charge < -0.3 is 29.7 Å². The number of carbonyl (C=O) groups is 4. The van der Waals surface area contributed by atoms with E-state index in [9.17, 15) is 28.4 Å². The number of β-lactam (4-membered cyclic amide) rings is 1. The highest BCUT2D eigenvalue weighted by Crippen LogP contribution is 2.44. The Morgan fingerprint density at radius 3 is 2.08 bits per heavy atom. The van der Waals surface area contributed by atoms with Crippen molar-refractivity contribution in [2.75, 3.05) is 23.9 Å². The van der Waals surface area contributed by atoms with Crippen LogP contribution in [0.25, 0.3) is 10.1 Å². The number of hydrogen-bond acceptors (Lipinski definition) is 16. The molecule has 2 atom stereocenters. The Morgan fingerprint density at radius 2 is 1.47 bits per heavy atom. The first-order chi connectivity index (χ1) is 36.4. The van der Waals surface area contributed by atoms with E-state index in [1.54, 1.807) is 57.5 Å². The van der Waals surface area contributed by atoms with Crippen molar-refractivity contribution in [2.24, 2.45) is 5.16 Å². The highest BCUT2D eigenvalue weighted by atomic mass is 32.2. The fraction of sp³-hybridized carbons (Fsp3) is 0.246. The SMILES string of the molecule is COc1ccc(COC(=O)C2=C(CSc3cc(=O)c4ccc(F)cc4s3)CS[C@@H]3C(NC(=O)/C(=N\OC(C)(C)C(=O)OC(C)(C)C)c4csc(NC(c5ccccc5)(c5ccccc5)c5ccccc5)n4)C(=O)N23)cc1. The van der Waals surface area contributed by atoms with Gasteiger partial charge in [-0.15, -0.1) is 46.2 Å². The Bertz CT molecular complexity index is 3320. The molecule has 14 nitrogen and oxygen atoms in total. The van der Waals surface area contributed by atoms with E-state index in [4.69, 9.17) is 24.0 Å². The third-order valence-electron chi connectivity index (χ3n) is 12.2. The zero-order valence-corrected chi connectivity index (χ0v) is 45.4. The summed E-state index contributed by atoms with van der Waals surface area (Å²) >= 11 is 5.06. The lowest BCUT2D eigenvalue weighted by Crippen LogP contribution is -2.71. The minimum Gasteiger partial charge on any atom is -0.497 e. The summed E-state index contributed by atoms with van der Waals surface area (Å²) in [4.78, 5) is 82.1. The molecule has 4 heterocycles. The monoisotopic (exact) mass is 1100 g/mol. The summed E-state index contributed by atoms with van der Waals surface area (Å²) in [5.74, 6) is -2.34. The molecule has 19 heteroatoms. The van der Waals surface area contributed by atoms with E-state index in [0.29, 0.717) is 36.3 Å². The first kappa shape index (κ1) is 53.5. The molecule has 2 aliphatic rings. The summed E-state index contributed by atoms with van der Waals surface area (Å²) in [7, 11) is 1.55. The van der Waals surface area contributed by atoms with Gasteiger partial charge in [0.25, 0.3) is 11.8 Å². The van der Waals surface area contributed by atoms with Gasteiger partial charge >= 0.3 is 11.9 Å². The number of ether oxygens (including phenoxy) is 3. The number of halogens is 1. The molecule has 2 N–H and O–H groups in total. The second-order valence-corrected chi connectivity index (χ2v) is 23.5. The number of nitrogens with one attached hydrogen (secondary N) is 2. The third kappa shape index (κ3) is 11.6. The van der Waals surface area contributed by atoms with E-state index in [1.165, 1.54) is 89.2 Å². The van der Waals surface area contributed by atoms with Crippen LogP contribution in [0.2, 0.25) is 0 Å². The molecule has 0 aliphatic carbocycles. The lowest BCUT2D eigenvalue weighted by Gasteiger charge is -2.49. The molecule has 2 amide bonds. The highest BCUT2D eigenvalue weighted by Gasteiger charge is 2.55. The van der Waals surface area contributed by atoms with Gasteiger partial charge in [-0.2, -0.15) is 0 Å². The Hall–Kier alpha value is -7.32. The number of hydrogen-bond donors (Lipinski definition) is 2. The van der Waals surface area contributed by atoms with Crippen molar-refractivity contribution in [1.82, 2.24) is 15.2 Å². The summed E-state index contributed by atoms with van der Waals surface area (Å²) in [5, 5.41) is 12.5. The number of nitrogens with zero attached hydrogens (tertiary/aromatic N) is 3. The molecular formula is C57H52FN5O9S4. The molecule has 0 bridgehead atoms. The number of fused-ring (bicyclic) bond motifs is 2. The van der Waals surface area contributed by atoms with Gasteiger partial charge in [-0.25, -0.2) is 19.0 Å². The fourth-order valence-corrected chi connectivity index (χ4v) is 12.9. The zero-order valence-electron chi connectivity index (χ0n) is 42.2. The van der Waals surface area contributed by atoms with E-state index in [-0.39, 0.29) is 40.6 Å². The Balaban J connectivity index is 1.03. The van der Waals surface area contributed by atoms with Crippen molar-refractivity contribution in [3.8, 4) is 5.75 Å². The van der Waals surface area contributed by atoms with Gasteiger partial charge in [0.2, 0.25) is 5.60 Å². The smallest absolute Gasteiger partial charge is 0.355 e. The number of rotatable bonds is 18. The van der Waals surface area contributed by atoms with Crippen LogP contribution in [0.4, 0.5) is 9.52 Å². The molecule has 1 unspecified atom stereocenters. The minimum absolute atomic E-state index is 0.0183. The molecule has 7 aromatic rings. The minimum atomic E-state index is -1.68. The molecule has 5 aromatic carbocycles. The van der Waals surface area contributed by atoms with Crippen LogP contribution in [0, 0.1) is 5.82 Å². The van der Waals surface area contributed by atoms with Gasteiger partial charge in [-0.3, -0.25) is 19.3 Å². The van der Waals surface area contributed by atoms with Crippen LogP contribution < -0.4 is 20.8 Å². The fourth-order valence-electron chi connectivity index (χ4n) is 8.45. The van der Waals surface area contributed by atoms with Gasteiger partial charge in [0.15, 0.2) is 16.3 Å². The van der Waals surface area contributed by atoms with Crippen molar-refractivity contribution >= 4 is 90.9 Å². The third-order valence-corrected chi connectivity index (χ3v) is 16.7. The lowest BCUT2D eigenvalue weighted by molar-refractivity contribution is -0.179. The quantitative estimate of drug-likeness (QED) is 0.0208. The van der Waals surface area contributed by atoms with Gasteiger partial charge in [-0.1, -0.05) is 108 Å². The van der Waals surface area contributed by atoms with Crippen molar-refractivity contribution in [2.45, 2.75) is 73.6 Å². The number of anilines is 1. The van der Waals surface area contributed by atoms with E-state index >= 15 is 0 Å². The number of thioether (sulfide) groups is 2. The molecule has 390 valence electrons. The van der Waals surface area contributed by atoms with Crippen LogP contribution in [0.15, 0.2) is 170 Å². The van der Waals surface area contributed by atoms with E-state index in [0.717, 1.165) is 16.7 Å². The van der Waals surface area contributed by atoms with Gasteiger partial charge in [0.1, 0.15) is 52.1 Å². The molecule has 0 saturated carbocycles. The summed E-state index contributed by atoms with van der Waals surface area (Å²) in [5.41, 5.74) is -0.0429. The van der Waals surface area contributed by atoms with Gasteiger partial charge in [0.05, 0.1) is 11.3 Å². The summed E-state index contributed by atoms with van der Waals surface area (Å²) in [6.07, 6.45) is 0. The predicted octanol–water partition coefficient (Wildman–Crippen LogP) is 10.3. The molecule has 2 aliphatic heterocycles. The van der Waals surface area contributed by atoms with Crippen LogP contribution in [0.1, 0.15) is 62.6 Å². The summed E-state index contributed by atoms with van der Waals surface area (Å²) < 4.78 is 32.0. The molecule has 9 rings (SSSR count). The van der Waals surface area contributed by atoms with Crippen molar-refractivity contribution in [1.29, 1.82) is 0 Å². The van der Waals surface area contributed by atoms with Gasteiger partial charge in [-0.05, 0) is 92.8 Å². The maximum Gasteiger partial charge on any atom is 0.355 e. The topological polar surface area (TPSA) is 175 Å². The van der Waals surface area contributed by atoms with E-state index in [2.05, 4.69) is 15.8 Å². The van der Waals surface area contributed by atoms with Crippen LogP contribution in [0.5, 0.6) is 5.75 Å². The standard InChI is InChI=1S/C57H52FN5O9S4/c1-55(2,3)71-53(68)56(4,5)72-62-46(42-33-75-54(59-42)61-57(36-16-10-7-11-17-36,37-18-12-8-13-19-37)38-20-14-9-15-21-38)49(65)60-47-50(66)63-48(52(67)70-30-34-22-25-40(69-6)26-23-34)35(32-74-51(47)63)31-73-45-29-43(64)41-27-24-39(58)28-44(41)76-45/h7-29,33,47,51H,30-32H2,1-6H3,(H,59,61)(H,60,65)/b62-46-/t47?,51-/m1/s1. The lowest BCUT2D eigenvalue weighted by atomic mass is 9.77. The maximum atomic E-state index is 14.8. The molecule has 76 heavy (non-hydrogen) atoms. The summed E-state index contributed by atoms with van der Waals surface area (Å²) in [6.45, 7) is 7.97. The predicted molar refractivity (Wildman–Crippen MR) is 296 cm³/mol. The second-order valence-electron chi connectivity index (χ2n) is 19.2. The Labute approximate surface area is 454 Å². The number of thiazole rings is 1. The maximum absolute atomic E-state index is 14.8. The van der Waals surface area contributed by atoms with Crippen LogP contribution in [-0.4, -0.2) is 80.6 Å². The highest BCUT2D eigenvalue weighted by molar-refractivity contribution is 8.02. The number of esters is 2. The number of methoxy groups -OCH3 is 1. The van der Waals surface area contributed by atoms with Crippen molar-refractivity contribution in [3.05, 3.63) is 200 Å². The molecule has 0 radical (unpaired) electrons. The van der Waals surface area contributed by atoms with Crippen LogP contribution in [0.3, 0.4) is 0 Å². The van der Waals surface area contributed by atoms with E-state index in [1.807, 2.05) is 91.0 Å². The molecule has 2 aromatic heterocycles. The van der Waals surface area contributed by atoms with Crippen molar-refractivity contribution in [3.63, 3.8) is 0 Å². The Morgan fingerprint density at radius 1 is 0.842 bits per heavy atom. The second kappa shape index (κ2) is 22.5. The van der Waals surface area contributed by atoms with Crippen LogP contribution >= 0.6 is 46.2 Å². The number of oxime groups is 1. The first-order valence-corrected chi connectivity index (χ1v) is 27.7. The number of aromatic nitrogens is 1.